The van der Waals surface area contributed by atoms with Gasteiger partial charge in [-0.3, -0.25) is 0 Å². The molecule has 0 aromatic heterocycles. The van der Waals surface area contributed by atoms with Gasteiger partial charge < -0.3 is 10.6 Å². The van der Waals surface area contributed by atoms with Gasteiger partial charge in [-0.15, -0.1) is 0 Å². The molecule has 2 N–H and O–H groups in total. The zero-order valence-electron chi connectivity index (χ0n) is 12.7. The number of rotatable bonds is 4. The third kappa shape index (κ3) is 3.51. The largest absolute Gasteiger partial charge is 0.399 e. The van der Waals surface area contributed by atoms with E-state index in [1.807, 2.05) is 32.0 Å². The zero-order valence-corrected chi connectivity index (χ0v) is 15.1. The summed E-state index contributed by atoms with van der Waals surface area (Å²) in [5, 5.41) is 0. The van der Waals surface area contributed by atoms with Gasteiger partial charge in [0, 0.05) is 16.2 Å². The van der Waals surface area contributed by atoms with Crippen LogP contribution in [0.3, 0.4) is 0 Å². The maximum atomic E-state index is 12.8. The second-order valence-electron chi connectivity index (χ2n) is 5.43. The maximum absolute atomic E-state index is 12.8. The molecule has 118 valence electrons. The van der Waals surface area contributed by atoms with Gasteiger partial charge in [0.15, 0.2) is 0 Å². The Morgan fingerprint density at radius 3 is 2.18 bits per heavy atom. The highest BCUT2D eigenvalue weighted by atomic mass is 79.9. The van der Waals surface area contributed by atoms with Crippen molar-refractivity contribution in [2.75, 3.05) is 19.8 Å². The Bertz CT molecular complexity index is 771. The molecule has 6 heteroatoms. The smallest absolute Gasteiger partial charge is 0.206 e. The zero-order chi connectivity index (χ0) is 16.5. The van der Waals surface area contributed by atoms with Crippen molar-refractivity contribution in [3.8, 4) is 0 Å². The average Bonchev–Trinajstić information content (AvgIpc) is 2.46. The van der Waals surface area contributed by atoms with Gasteiger partial charge in [-0.1, -0.05) is 15.9 Å². The molecule has 1 unspecified atom stereocenters. The van der Waals surface area contributed by atoms with Crippen LogP contribution in [0.1, 0.15) is 18.5 Å². The van der Waals surface area contributed by atoms with Gasteiger partial charge in [-0.2, -0.15) is 0 Å². The van der Waals surface area contributed by atoms with E-state index < -0.39 is 9.84 Å². The summed E-state index contributed by atoms with van der Waals surface area (Å²) in [4.78, 5) is 2.54. The fraction of sp³-hybridized carbons (Fsp3) is 0.250. The number of nitrogens with zero attached hydrogens (tertiary/aromatic N) is 1. The normalized spacial score (nSPS) is 13.3. The summed E-state index contributed by atoms with van der Waals surface area (Å²) in [6, 6.07) is 11.6. The first-order chi connectivity index (χ1) is 10.2. The highest BCUT2D eigenvalue weighted by Gasteiger charge is 2.20. The Labute approximate surface area is 140 Å². The van der Waals surface area contributed by atoms with E-state index in [0.717, 1.165) is 10.0 Å². The van der Waals surface area contributed by atoms with Gasteiger partial charge in [0.1, 0.15) is 0 Å². The average molecular weight is 383 g/mol. The lowest BCUT2D eigenvalue weighted by Crippen LogP contribution is -2.17. The SMILES string of the molecule is CC(c1cc(Br)cc(S(=O)(=O)c2ccc(N)cc2)c1)N(C)C. The maximum Gasteiger partial charge on any atom is 0.206 e. The van der Waals surface area contributed by atoms with Crippen LogP contribution in [0.2, 0.25) is 0 Å². The number of nitrogens with two attached hydrogens (primary N) is 1. The van der Waals surface area contributed by atoms with Crippen LogP contribution in [0.15, 0.2) is 56.7 Å². The molecule has 0 heterocycles. The van der Waals surface area contributed by atoms with Crippen LogP contribution in [0, 0.1) is 0 Å². The molecule has 0 amide bonds. The number of hydrogen-bond acceptors (Lipinski definition) is 4. The van der Waals surface area contributed by atoms with E-state index in [9.17, 15) is 8.42 Å². The summed E-state index contributed by atoms with van der Waals surface area (Å²) < 4.78 is 26.3. The number of halogens is 1. The van der Waals surface area contributed by atoms with Crippen LogP contribution in [-0.4, -0.2) is 27.4 Å². The lowest BCUT2D eigenvalue weighted by molar-refractivity contribution is 0.320. The standard InChI is InChI=1S/C16H19BrN2O2S/c1-11(19(2)3)12-8-13(17)10-16(9-12)22(20,21)15-6-4-14(18)5-7-15/h4-11H,18H2,1-3H3. The number of anilines is 1. The molecule has 0 aliphatic heterocycles. The molecular weight excluding hydrogens is 364 g/mol. The highest BCUT2D eigenvalue weighted by Crippen LogP contribution is 2.29. The molecule has 0 spiro atoms. The number of sulfone groups is 1. The topological polar surface area (TPSA) is 63.4 Å². The third-order valence-electron chi connectivity index (χ3n) is 3.65. The van der Waals surface area contributed by atoms with E-state index >= 15 is 0 Å². The minimum atomic E-state index is -3.56. The second kappa shape index (κ2) is 6.40. The minimum absolute atomic E-state index is 0.109. The Morgan fingerprint density at radius 1 is 1.05 bits per heavy atom. The lowest BCUT2D eigenvalue weighted by Gasteiger charge is -2.21. The summed E-state index contributed by atoms with van der Waals surface area (Å²) in [7, 11) is 0.352. The predicted octanol–water partition coefficient (Wildman–Crippen LogP) is 3.49. The molecule has 0 aliphatic rings. The van der Waals surface area contributed by atoms with Crippen molar-refractivity contribution in [1.82, 2.24) is 4.90 Å². The first kappa shape index (κ1) is 17.0. The Balaban J connectivity index is 2.54. The van der Waals surface area contributed by atoms with Gasteiger partial charge in [0.2, 0.25) is 9.84 Å². The van der Waals surface area contributed by atoms with Gasteiger partial charge in [-0.25, -0.2) is 8.42 Å². The molecule has 2 aromatic carbocycles. The Kier molecular flexibility index (Phi) is 4.94. The molecule has 4 nitrogen and oxygen atoms in total. The van der Waals surface area contributed by atoms with Gasteiger partial charge in [0.25, 0.3) is 0 Å². The van der Waals surface area contributed by atoms with Crippen molar-refractivity contribution in [1.29, 1.82) is 0 Å². The van der Waals surface area contributed by atoms with Crippen molar-refractivity contribution in [2.45, 2.75) is 22.8 Å². The van der Waals surface area contributed by atoms with E-state index in [4.69, 9.17) is 5.73 Å². The molecule has 0 bridgehead atoms. The van der Waals surface area contributed by atoms with Crippen molar-refractivity contribution in [2.24, 2.45) is 0 Å². The minimum Gasteiger partial charge on any atom is -0.399 e. The third-order valence-corrected chi connectivity index (χ3v) is 5.86. The molecule has 0 fully saturated rings. The molecule has 0 saturated carbocycles. The quantitative estimate of drug-likeness (QED) is 0.821. The number of nitrogen functional groups attached to an aromatic ring is 1. The van der Waals surface area contributed by atoms with Crippen LogP contribution in [-0.2, 0) is 9.84 Å². The van der Waals surface area contributed by atoms with E-state index in [-0.39, 0.29) is 15.8 Å². The van der Waals surface area contributed by atoms with Crippen LogP contribution in [0.25, 0.3) is 0 Å². The van der Waals surface area contributed by atoms with Crippen molar-refractivity contribution >= 4 is 31.5 Å². The summed E-state index contributed by atoms with van der Waals surface area (Å²) in [5.41, 5.74) is 7.10. The number of benzene rings is 2. The fourth-order valence-electron chi connectivity index (χ4n) is 2.06. The molecule has 2 aromatic rings. The molecule has 2 rings (SSSR count). The van der Waals surface area contributed by atoms with Crippen LogP contribution in [0.4, 0.5) is 5.69 Å². The molecule has 0 saturated heterocycles. The fourth-order valence-corrected chi connectivity index (χ4v) is 4.06. The van der Waals surface area contributed by atoms with Crippen molar-refractivity contribution < 1.29 is 8.42 Å². The van der Waals surface area contributed by atoms with E-state index in [1.165, 1.54) is 12.1 Å². The highest BCUT2D eigenvalue weighted by molar-refractivity contribution is 9.10. The van der Waals surface area contributed by atoms with E-state index in [2.05, 4.69) is 15.9 Å². The van der Waals surface area contributed by atoms with Crippen LogP contribution in [0.5, 0.6) is 0 Å². The van der Waals surface area contributed by atoms with E-state index in [0.29, 0.717) is 5.69 Å². The summed E-state index contributed by atoms with van der Waals surface area (Å²) in [5.74, 6) is 0. The first-order valence-electron chi connectivity index (χ1n) is 6.79. The molecule has 0 radical (unpaired) electrons. The van der Waals surface area contributed by atoms with Crippen molar-refractivity contribution in [3.63, 3.8) is 0 Å². The lowest BCUT2D eigenvalue weighted by atomic mass is 10.1. The predicted molar refractivity (Wildman–Crippen MR) is 92.6 cm³/mol. The van der Waals surface area contributed by atoms with Gasteiger partial charge >= 0.3 is 0 Å². The van der Waals surface area contributed by atoms with Crippen LogP contribution >= 0.6 is 15.9 Å². The summed E-state index contributed by atoms with van der Waals surface area (Å²) >= 11 is 3.40. The van der Waals surface area contributed by atoms with Gasteiger partial charge in [-0.05, 0) is 69.0 Å². The summed E-state index contributed by atoms with van der Waals surface area (Å²) in [6.45, 7) is 2.03. The second-order valence-corrected chi connectivity index (χ2v) is 8.30. The molecule has 1 atom stereocenters. The molecular formula is C16H19BrN2O2S. The van der Waals surface area contributed by atoms with Crippen molar-refractivity contribution in [3.05, 3.63) is 52.5 Å². The van der Waals surface area contributed by atoms with Gasteiger partial charge in [0.05, 0.1) is 9.79 Å². The van der Waals surface area contributed by atoms with E-state index in [1.54, 1.807) is 24.3 Å². The Morgan fingerprint density at radius 2 is 1.64 bits per heavy atom. The monoisotopic (exact) mass is 382 g/mol. The summed E-state index contributed by atoms with van der Waals surface area (Å²) in [6.07, 6.45) is 0. The number of hydrogen-bond donors (Lipinski definition) is 1. The molecule has 0 aliphatic carbocycles. The Hall–Kier alpha value is -1.37. The van der Waals surface area contributed by atoms with Crippen LogP contribution < -0.4 is 5.73 Å². The first-order valence-corrected chi connectivity index (χ1v) is 9.07. The molecule has 22 heavy (non-hydrogen) atoms.